The first-order chi connectivity index (χ1) is 10.6. The number of carbonyl (C=O) groups is 1. The molecule has 1 fully saturated rings. The fourth-order valence-electron chi connectivity index (χ4n) is 2.47. The molecule has 3 rings (SSSR count). The number of halogens is 7. The molecule has 1 aromatic heterocycles. The molecule has 1 heterocycles. The second-order valence-corrected chi connectivity index (χ2v) is 5.34. The zero-order chi connectivity index (χ0) is 17.4. The zero-order valence-corrected chi connectivity index (χ0v) is 11.6. The molecular formula is C13H13F7N2O. The molecule has 10 heteroatoms. The summed E-state index contributed by atoms with van der Waals surface area (Å²) in [4.78, 5) is 11.0. The standard InChI is InChI=1S/C7H3F5N2O.C6H10F2/c8-2-3(9)5(15)1-4(2)13-14-6(1)7(10,11)12;7-5-3-1-2-4-6(5)8/h2-3H,(H,13,14);5-6H,1-4H2. The van der Waals surface area contributed by atoms with Crippen molar-refractivity contribution in [1.82, 2.24) is 10.2 Å². The van der Waals surface area contributed by atoms with Gasteiger partial charge in [0.15, 0.2) is 18.0 Å². The van der Waals surface area contributed by atoms with Crippen LogP contribution < -0.4 is 0 Å². The van der Waals surface area contributed by atoms with Crippen molar-refractivity contribution in [2.24, 2.45) is 0 Å². The lowest BCUT2D eigenvalue weighted by Crippen LogP contribution is -2.21. The number of fused-ring (bicyclic) bond motifs is 1. The smallest absolute Gasteiger partial charge is 0.291 e. The maximum Gasteiger partial charge on any atom is 0.435 e. The highest BCUT2D eigenvalue weighted by molar-refractivity contribution is 6.05. The number of ketones is 1. The lowest BCUT2D eigenvalue weighted by atomic mass is 9.97. The molecule has 0 amide bonds. The maximum atomic E-state index is 12.9. The minimum absolute atomic E-state index is 0.432. The summed E-state index contributed by atoms with van der Waals surface area (Å²) in [6.45, 7) is 0. The van der Waals surface area contributed by atoms with Crippen molar-refractivity contribution >= 4 is 5.78 Å². The van der Waals surface area contributed by atoms with E-state index in [1.54, 1.807) is 5.10 Å². The Morgan fingerprint density at radius 1 is 0.957 bits per heavy atom. The Morgan fingerprint density at radius 3 is 1.91 bits per heavy atom. The molecule has 130 valence electrons. The molecular weight excluding hydrogens is 333 g/mol. The quantitative estimate of drug-likeness (QED) is 0.716. The molecule has 4 atom stereocenters. The third-order valence-electron chi connectivity index (χ3n) is 3.69. The van der Waals surface area contributed by atoms with E-state index >= 15 is 0 Å². The van der Waals surface area contributed by atoms with Crippen LogP contribution in [0.2, 0.25) is 0 Å². The van der Waals surface area contributed by atoms with Gasteiger partial charge in [-0.15, -0.1) is 0 Å². The average Bonchev–Trinajstić information content (AvgIpc) is 3.00. The number of nitrogens with zero attached hydrogens (tertiary/aromatic N) is 1. The molecule has 1 N–H and O–H groups in total. The summed E-state index contributed by atoms with van der Waals surface area (Å²) >= 11 is 0. The van der Waals surface area contributed by atoms with Gasteiger partial charge in [0.05, 0.1) is 11.3 Å². The van der Waals surface area contributed by atoms with Crippen LogP contribution in [-0.2, 0) is 6.18 Å². The van der Waals surface area contributed by atoms with E-state index < -0.39 is 53.6 Å². The molecule has 1 aromatic rings. The number of hydrogen-bond donors (Lipinski definition) is 1. The predicted octanol–water partition coefficient (Wildman–Crippen LogP) is 4.21. The number of carbonyl (C=O) groups excluding carboxylic acids is 1. The summed E-state index contributed by atoms with van der Waals surface area (Å²) in [5, 5.41) is 4.46. The van der Waals surface area contributed by atoms with Crippen molar-refractivity contribution in [3.8, 4) is 0 Å². The highest BCUT2D eigenvalue weighted by Gasteiger charge is 2.50. The number of rotatable bonds is 0. The van der Waals surface area contributed by atoms with Gasteiger partial charge in [0, 0.05) is 0 Å². The topological polar surface area (TPSA) is 45.8 Å². The summed E-state index contributed by atoms with van der Waals surface area (Å²) in [5.41, 5.74) is -3.33. The first-order valence-corrected chi connectivity index (χ1v) is 6.90. The van der Waals surface area contributed by atoms with Crippen molar-refractivity contribution in [1.29, 1.82) is 0 Å². The van der Waals surface area contributed by atoms with Crippen molar-refractivity contribution in [3.05, 3.63) is 17.0 Å². The van der Waals surface area contributed by atoms with E-state index in [9.17, 15) is 35.5 Å². The number of H-pyrrole nitrogens is 1. The van der Waals surface area contributed by atoms with Gasteiger partial charge in [-0.2, -0.15) is 18.3 Å². The Labute approximate surface area is 126 Å². The van der Waals surface area contributed by atoms with Gasteiger partial charge in [0.1, 0.15) is 12.3 Å². The van der Waals surface area contributed by atoms with Crippen molar-refractivity contribution in [3.63, 3.8) is 0 Å². The number of aromatic amines is 1. The molecule has 0 spiro atoms. The van der Waals surface area contributed by atoms with E-state index in [1.165, 1.54) is 0 Å². The first-order valence-electron chi connectivity index (χ1n) is 6.90. The van der Waals surface area contributed by atoms with Gasteiger partial charge >= 0.3 is 6.18 Å². The summed E-state index contributed by atoms with van der Waals surface area (Å²) in [7, 11) is 0. The molecule has 2 aliphatic rings. The fourth-order valence-corrected chi connectivity index (χ4v) is 2.47. The molecule has 23 heavy (non-hydrogen) atoms. The van der Waals surface area contributed by atoms with Crippen LogP contribution in [0, 0.1) is 0 Å². The third kappa shape index (κ3) is 3.50. The summed E-state index contributed by atoms with van der Waals surface area (Å²) in [6.07, 6.45) is -9.60. The maximum absolute atomic E-state index is 12.9. The summed E-state index contributed by atoms with van der Waals surface area (Å²) in [6, 6.07) is 0. The Kier molecular flexibility index (Phi) is 5.00. The van der Waals surface area contributed by atoms with E-state index in [2.05, 4.69) is 5.10 Å². The Hall–Kier alpha value is -1.61. The summed E-state index contributed by atoms with van der Waals surface area (Å²) in [5.74, 6) is -1.52. The lowest BCUT2D eigenvalue weighted by Gasteiger charge is -2.17. The second kappa shape index (κ2) is 6.48. The molecule has 0 aromatic carbocycles. The number of Topliss-reactive ketones (excluding diaryl/α,β-unsaturated/α-hetero) is 1. The number of alkyl halides is 7. The third-order valence-corrected chi connectivity index (χ3v) is 3.69. The minimum atomic E-state index is -4.90. The van der Waals surface area contributed by atoms with Crippen LogP contribution in [-0.4, -0.2) is 34.5 Å². The Bertz CT molecular complexity index is 561. The van der Waals surface area contributed by atoms with Gasteiger partial charge in [0.2, 0.25) is 5.78 Å². The van der Waals surface area contributed by atoms with Crippen molar-refractivity contribution in [2.75, 3.05) is 0 Å². The minimum Gasteiger partial charge on any atom is -0.291 e. The Morgan fingerprint density at radius 2 is 1.48 bits per heavy atom. The molecule has 0 bridgehead atoms. The molecule has 4 unspecified atom stereocenters. The number of nitrogens with one attached hydrogen (secondary N) is 1. The highest BCUT2D eigenvalue weighted by atomic mass is 19.4. The molecule has 2 aliphatic carbocycles. The van der Waals surface area contributed by atoms with E-state index in [1.807, 2.05) is 0 Å². The monoisotopic (exact) mass is 346 g/mol. The van der Waals surface area contributed by atoms with Crippen LogP contribution in [0.25, 0.3) is 0 Å². The molecule has 0 radical (unpaired) electrons. The van der Waals surface area contributed by atoms with Crippen LogP contribution in [0.3, 0.4) is 0 Å². The molecule has 0 saturated heterocycles. The van der Waals surface area contributed by atoms with Crippen LogP contribution in [0.1, 0.15) is 53.6 Å². The van der Waals surface area contributed by atoms with Crippen LogP contribution in [0.5, 0.6) is 0 Å². The predicted molar refractivity (Wildman–Crippen MR) is 64.9 cm³/mol. The first kappa shape index (κ1) is 17.7. The second-order valence-electron chi connectivity index (χ2n) is 5.34. The fraction of sp³-hybridized carbons (Fsp3) is 0.692. The largest absolute Gasteiger partial charge is 0.435 e. The number of aromatic nitrogens is 2. The van der Waals surface area contributed by atoms with Crippen LogP contribution in [0.4, 0.5) is 30.7 Å². The molecule has 3 nitrogen and oxygen atoms in total. The highest BCUT2D eigenvalue weighted by Crippen LogP contribution is 2.41. The van der Waals surface area contributed by atoms with Gasteiger partial charge in [0.25, 0.3) is 0 Å². The van der Waals surface area contributed by atoms with E-state index in [4.69, 9.17) is 0 Å². The van der Waals surface area contributed by atoms with Crippen LogP contribution in [0.15, 0.2) is 0 Å². The van der Waals surface area contributed by atoms with Gasteiger partial charge in [-0.3, -0.25) is 9.89 Å². The Balaban J connectivity index is 0.000000203. The van der Waals surface area contributed by atoms with Crippen molar-refractivity contribution in [2.45, 2.75) is 56.5 Å². The lowest BCUT2D eigenvalue weighted by molar-refractivity contribution is -0.141. The van der Waals surface area contributed by atoms with Crippen molar-refractivity contribution < 1.29 is 35.5 Å². The number of hydrogen-bond acceptors (Lipinski definition) is 2. The van der Waals surface area contributed by atoms with E-state index in [0.717, 1.165) is 12.8 Å². The van der Waals surface area contributed by atoms with Gasteiger partial charge in [-0.1, -0.05) is 12.8 Å². The zero-order valence-electron chi connectivity index (χ0n) is 11.6. The van der Waals surface area contributed by atoms with Gasteiger partial charge in [-0.25, -0.2) is 17.6 Å². The average molecular weight is 346 g/mol. The van der Waals surface area contributed by atoms with Gasteiger partial charge < -0.3 is 0 Å². The van der Waals surface area contributed by atoms with E-state index in [-0.39, 0.29) is 0 Å². The SMILES string of the molecule is FC1CCCCC1F.O=C1c2c(C(F)(F)F)n[nH]c2C(F)C1F. The van der Waals surface area contributed by atoms with E-state index in [0.29, 0.717) is 12.8 Å². The summed E-state index contributed by atoms with van der Waals surface area (Å²) < 4.78 is 86.8. The normalized spacial score (nSPS) is 30.7. The van der Waals surface area contributed by atoms with Crippen LogP contribution >= 0.6 is 0 Å². The van der Waals surface area contributed by atoms with Gasteiger partial charge in [-0.05, 0) is 12.8 Å². The molecule has 0 aliphatic heterocycles. The molecule has 1 saturated carbocycles.